The lowest BCUT2D eigenvalue weighted by Gasteiger charge is -2.05. The molecular weight excluding hydrogens is 196 g/mol. The minimum Gasteiger partial charge on any atom is -0.265 e. The molecule has 0 aliphatic heterocycles. The Hall–Kier alpha value is -1.96. The summed E-state index contributed by atoms with van der Waals surface area (Å²) in [5.41, 5.74) is 3.62. The van der Waals surface area contributed by atoms with Crippen molar-refractivity contribution < 1.29 is 0 Å². The van der Waals surface area contributed by atoms with Gasteiger partial charge in [-0.3, -0.25) is 9.97 Å². The van der Waals surface area contributed by atoms with E-state index < -0.39 is 0 Å². The molecule has 0 amide bonds. The number of pyridine rings is 2. The second-order valence-electron chi connectivity index (χ2n) is 3.69. The first-order chi connectivity index (χ1) is 7.86. The van der Waals surface area contributed by atoms with Crippen LogP contribution in [0.5, 0.6) is 0 Å². The van der Waals surface area contributed by atoms with Crippen molar-refractivity contribution in [2.45, 2.75) is 12.8 Å². The van der Waals surface area contributed by atoms with Crippen LogP contribution in [0.3, 0.4) is 0 Å². The summed E-state index contributed by atoms with van der Waals surface area (Å²) in [4.78, 5) is 8.00. The van der Waals surface area contributed by atoms with E-state index in [4.69, 9.17) is 0 Å². The highest BCUT2D eigenvalue weighted by Crippen LogP contribution is 2.17. The summed E-state index contributed by atoms with van der Waals surface area (Å²) < 4.78 is 0. The molecule has 0 saturated carbocycles. The van der Waals surface area contributed by atoms with Crippen LogP contribution in [0.2, 0.25) is 0 Å². The number of allylic oxidation sites excluding steroid dienone is 1. The fourth-order valence-corrected chi connectivity index (χ4v) is 1.58. The van der Waals surface area contributed by atoms with Crippen molar-refractivity contribution in [3.05, 3.63) is 66.8 Å². The zero-order chi connectivity index (χ0) is 11.2. The minimum atomic E-state index is 0.966. The van der Waals surface area contributed by atoms with Crippen LogP contribution in [-0.4, -0.2) is 9.97 Å². The van der Waals surface area contributed by atoms with E-state index in [1.165, 1.54) is 11.1 Å². The van der Waals surface area contributed by atoms with Crippen molar-refractivity contribution in [2.75, 3.05) is 0 Å². The Kier molecular flexibility index (Phi) is 3.44. The Balaban J connectivity index is 1.95. The number of hydrogen-bond donors (Lipinski definition) is 0. The molecule has 0 aliphatic carbocycles. The van der Waals surface area contributed by atoms with Crippen LogP contribution in [0.25, 0.3) is 5.57 Å². The molecule has 2 heterocycles. The molecule has 80 valence electrons. The second kappa shape index (κ2) is 5.21. The van der Waals surface area contributed by atoms with Crippen LogP contribution in [0.4, 0.5) is 0 Å². The summed E-state index contributed by atoms with van der Waals surface area (Å²) in [6.07, 6.45) is 9.21. The lowest BCUT2D eigenvalue weighted by molar-refractivity contribution is 1.01. The molecule has 2 aromatic rings. The highest BCUT2D eigenvalue weighted by Gasteiger charge is 1.99. The molecule has 0 bridgehead atoms. The number of aryl methyl sites for hydroxylation is 1. The van der Waals surface area contributed by atoms with Crippen molar-refractivity contribution in [2.24, 2.45) is 0 Å². The molecule has 0 N–H and O–H groups in total. The van der Waals surface area contributed by atoms with E-state index in [1.54, 1.807) is 12.4 Å². The van der Waals surface area contributed by atoms with Gasteiger partial charge in [0.05, 0.1) is 0 Å². The number of nitrogens with zero attached hydrogens (tertiary/aromatic N) is 2. The highest BCUT2D eigenvalue weighted by atomic mass is 14.6. The van der Waals surface area contributed by atoms with Crippen molar-refractivity contribution in [1.82, 2.24) is 9.97 Å². The van der Waals surface area contributed by atoms with E-state index in [2.05, 4.69) is 16.5 Å². The molecule has 2 nitrogen and oxygen atoms in total. The quantitative estimate of drug-likeness (QED) is 0.774. The molecule has 16 heavy (non-hydrogen) atoms. The Bertz CT molecular complexity index is 449. The van der Waals surface area contributed by atoms with Gasteiger partial charge in [-0.15, -0.1) is 0 Å². The van der Waals surface area contributed by atoms with Gasteiger partial charge in [-0.05, 0) is 53.8 Å². The van der Waals surface area contributed by atoms with Crippen molar-refractivity contribution in [3.63, 3.8) is 0 Å². The molecule has 0 atom stereocenters. The SMILES string of the molecule is C=C(CCc1ccncc1)c1ccncc1. The van der Waals surface area contributed by atoms with E-state index in [0.29, 0.717) is 0 Å². The summed E-state index contributed by atoms with van der Waals surface area (Å²) >= 11 is 0. The third-order valence-electron chi connectivity index (χ3n) is 2.55. The maximum absolute atomic E-state index is 4.10. The zero-order valence-electron chi connectivity index (χ0n) is 9.13. The van der Waals surface area contributed by atoms with Gasteiger partial charge < -0.3 is 0 Å². The monoisotopic (exact) mass is 210 g/mol. The van der Waals surface area contributed by atoms with E-state index in [0.717, 1.165) is 18.4 Å². The van der Waals surface area contributed by atoms with E-state index >= 15 is 0 Å². The Morgan fingerprint density at radius 1 is 0.938 bits per heavy atom. The molecule has 2 heteroatoms. The lowest BCUT2D eigenvalue weighted by Crippen LogP contribution is -1.89. The van der Waals surface area contributed by atoms with Crippen molar-refractivity contribution in [1.29, 1.82) is 0 Å². The van der Waals surface area contributed by atoms with Gasteiger partial charge in [-0.25, -0.2) is 0 Å². The summed E-state index contributed by atoms with van der Waals surface area (Å²) in [6.45, 7) is 4.10. The number of rotatable bonds is 4. The van der Waals surface area contributed by atoms with Crippen molar-refractivity contribution in [3.8, 4) is 0 Å². The number of hydrogen-bond acceptors (Lipinski definition) is 2. The average Bonchev–Trinajstić information content (AvgIpc) is 2.38. The first kappa shape index (κ1) is 10.6. The predicted octanol–water partition coefficient (Wildman–Crippen LogP) is 3.12. The van der Waals surface area contributed by atoms with Crippen LogP contribution < -0.4 is 0 Å². The van der Waals surface area contributed by atoms with E-state index in [9.17, 15) is 0 Å². The largest absolute Gasteiger partial charge is 0.265 e. The molecule has 0 spiro atoms. The van der Waals surface area contributed by atoms with Gasteiger partial charge in [0.1, 0.15) is 0 Å². The third kappa shape index (κ3) is 2.76. The molecule has 0 unspecified atom stereocenters. The molecule has 0 radical (unpaired) electrons. The highest BCUT2D eigenvalue weighted by molar-refractivity contribution is 5.62. The molecular formula is C14H14N2. The van der Waals surface area contributed by atoms with Gasteiger partial charge in [-0.1, -0.05) is 6.58 Å². The normalized spacial score (nSPS) is 10.0. The van der Waals surface area contributed by atoms with Crippen LogP contribution in [0.1, 0.15) is 17.5 Å². The average molecular weight is 210 g/mol. The van der Waals surface area contributed by atoms with Gasteiger partial charge in [0.2, 0.25) is 0 Å². The smallest absolute Gasteiger partial charge is 0.0273 e. The van der Waals surface area contributed by atoms with Crippen LogP contribution in [0, 0.1) is 0 Å². The van der Waals surface area contributed by atoms with Gasteiger partial charge in [0.15, 0.2) is 0 Å². The number of aromatic nitrogens is 2. The van der Waals surface area contributed by atoms with Crippen LogP contribution >= 0.6 is 0 Å². The van der Waals surface area contributed by atoms with Gasteiger partial charge in [-0.2, -0.15) is 0 Å². The fraction of sp³-hybridized carbons (Fsp3) is 0.143. The van der Waals surface area contributed by atoms with Gasteiger partial charge >= 0.3 is 0 Å². The second-order valence-corrected chi connectivity index (χ2v) is 3.69. The van der Waals surface area contributed by atoms with E-state index in [-0.39, 0.29) is 0 Å². The Labute approximate surface area is 95.7 Å². The first-order valence-corrected chi connectivity index (χ1v) is 5.33. The van der Waals surface area contributed by atoms with E-state index in [1.807, 2.05) is 36.7 Å². The maximum atomic E-state index is 4.10. The standard InChI is InChI=1S/C14H14N2/c1-12(14-6-10-16-11-7-14)2-3-13-4-8-15-9-5-13/h4-11H,1-3H2. The Morgan fingerprint density at radius 3 is 2.12 bits per heavy atom. The molecule has 0 saturated heterocycles. The van der Waals surface area contributed by atoms with Crippen LogP contribution in [0.15, 0.2) is 55.6 Å². The van der Waals surface area contributed by atoms with Gasteiger partial charge in [0, 0.05) is 24.8 Å². The summed E-state index contributed by atoms with van der Waals surface area (Å²) in [5, 5.41) is 0. The first-order valence-electron chi connectivity index (χ1n) is 5.33. The minimum absolute atomic E-state index is 0.966. The molecule has 2 rings (SSSR count). The van der Waals surface area contributed by atoms with Gasteiger partial charge in [0.25, 0.3) is 0 Å². The third-order valence-corrected chi connectivity index (χ3v) is 2.55. The molecule has 2 aromatic heterocycles. The summed E-state index contributed by atoms with van der Waals surface area (Å²) in [6, 6.07) is 8.07. The molecule has 0 aliphatic rings. The summed E-state index contributed by atoms with van der Waals surface area (Å²) in [5.74, 6) is 0. The Morgan fingerprint density at radius 2 is 1.50 bits per heavy atom. The molecule has 0 fully saturated rings. The topological polar surface area (TPSA) is 25.8 Å². The molecule has 0 aromatic carbocycles. The van der Waals surface area contributed by atoms with Crippen molar-refractivity contribution >= 4 is 5.57 Å². The maximum Gasteiger partial charge on any atom is 0.0273 e. The zero-order valence-corrected chi connectivity index (χ0v) is 9.13. The van der Waals surface area contributed by atoms with Crippen LogP contribution in [-0.2, 0) is 6.42 Å². The summed E-state index contributed by atoms with van der Waals surface area (Å²) in [7, 11) is 0. The predicted molar refractivity (Wildman–Crippen MR) is 65.8 cm³/mol. The lowest BCUT2D eigenvalue weighted by atomic mass is 10.0. The fourth-order valence-electron chi connectivity index (χ4n) is 1.58.